The first-order valence-corrected chi connectivity index (χ1v) is 12.1. The van der Waals surface area contributed by atoms with Gasteiger partial charge in [-0.15, -0.1) is 0 Å². The van der Waals surface area contributed by atoms with E-state index < -0.39 is 0 Å². The van der Waals surface area contributed by atoms with Crippen molar-refractivity contribution in [2.45, 2.75) is 51.7 Å². The Morgan fingerprint density at radius 1 is 1.28 bits per heavy atom. The highest BCUT2D eigenvalue weighted by Crippen LogP contribution is 2.26. The van der Waals surface area contributed by atoms with Crippen LogP contribution in [-0.2, 0) is 19.5 Å². The van der Waals surface area contributed by atoms with Crippen LogP contribution in [0.5, 0.6) is 0 Å². The lowest BCUT2D eigenvalue weighted by Gasteiger charge is -2.27. The number of rotatable bonds is 8. The molecule has 0 bridgehead atoms. The van der Waals surface area contributed by atoms with E-state index in [0.717, 1.165) is 61.8 Å². The van der Waals surface area contributed by atoms with E-state index in [-0.39, 0.29) is 11.9 Å². The van der Waals surface area contributed by atoms with Crippen molar-refractivity contribution in [3.63, 3.8) is 0 Å². The first-order valence-electron chi connectivity index (χ1n) is 11.3. The van der Waals surface area contributed by atoms with Gasteiger partial charge in [0, 0.05) is 48.6 Å². The normalized spacial score (nSPS) is 14.5. The van der Waals surface area contributed by atoms with Gasteiger partial charge in [-0.05, 0) is 24.5 Å². The molecule has 1 unspecified atom stereocenters. The lowest BCUT2D eigenvalue weighted by molar-refractivity contribution is 0.0938. The summed E-state index contributed by atoms with van der Waals surface area (Å²) in [6.45, 7) is 4.67. The zero-order valence-corrected chi connectivity index (χ0v) is 19.1. The molecule has 166 valence electrons. The van der Waals surface area contributed by atoms with Gasteiger partial charge in [0.15, 0.2) is 5.13 Å². The Bertz CT molecular complexity index is 1210. The maximum absolute atomic E-state index is 13.1. The van der Waals surface area contributed by atoms with Crippen molar-refractivity contribution in [2.24, 2.45) is 0 Å². The molecular weight excluding hydrogens is 420 g/mol. The minimum Gasteiger partial charge on any atom is -0.361 e. The predicted molar refractivity (Wildman–Crippen MR) is 128 cm³/mol. The van der Waals surface area contributed by atoms with Crippen molar-refractivity contribution in [3.05, 3.63) is 65.3 Å². The lowest BCUT2D eigenvalue weighted by atomic mass is 10.0. The summed E-state index contributed by atoms with van der Waals surface area (Å²) in [6, 6.07) is 8.42. The molecule has 8 heteroatoms. The number of fused-ring (bicyclic) bond motifs is 2. The van der Waals surface area contributed by atoms with Gasteiger partial charge in [0.1, 0.15) is 10.7 Å². The summed E-state index contributed by atoms with van der Waals surface area (Å²) in [5.41, 5.74) is 2.38. The van der Waals surface area contributed by atoms with Crippen LogP contribution in [0.1, 0.15) is 47.2 Å². The monoisotopic (exact) mass is 448 g/mol. The fourth-order valence-corrected chi connectivity index (χ4v) is 5.20. The summed E-state index contributed by atoms with van der Waals surface area (Å²) in [4.78, 5) is 28.2. The zero-order valence-electron chi connectivity index (χ0n) is 18.3. The molecule has 5 rings (SSSR count). The summed E-state index contributed by atoms with van der Waals surface area (Å²) in [7, 11) is 0. The second-order valence-electron chi connectivity index (χ2n) is 8.34. The van der Waals surface area contributed by atoms with E-state index in [4.69, 9.17) is 0 Å². The van der Waals surface area contributed by atoms with Gasteiger partial charge in [0.05, 0.1) is 12.7 Å². The molecule has 0 radical (unpaired) electrons. The van der Waals surface area contributed by atoms with Gasteiger partial charge in [0.25, 0.3) is 5.91 Å². The van der Waals surface area contributed by atoms with Crippen molar-refractivity contribution in [3.8, 4) is 0 Å². The van der Waals surface area contributed by atoms with E-state index in [9.17, 15) is 4.79 Å². The molecule has 7 nitrogen and oxygen atoms in total. The van der Waals surface area contributed by atoms with Crippen LogP contribution in [0.25, 0.3) is 10.9 Å². The molecule has 0 saturated carbocycles. The zero-order chi connectivity index (χ0) is 21.9. The highest BCUT2D eigenvalue weighted by molar-refractivity contribution is 7.17. The average molecular weight is 449 g/mol. The highest BCUT2D eigenvalue weighted by atomic mass is 32.1. The first kappa shape index (κ1) is 20.8. The molecule has 1 atom stereocenters. The Morgan fingerprint density at radius 3 is 3.09 bits per heavy atom. The van der Waals surface area contributed by atoms with Crippen LogP contribution in [0.2, 0.25) is 0 Å². The molecule has 3 aromatic heterocycles. The lowest BCUT2D eigenvalue weighted by Crippen LogP contribution is -2.36. The maximum Gasteiger partial charge on any atom is 0.263 e. The molecule has 0 spiro atoms. The minimum atomic E-state index is -0.0341. The number of para-hydroxylation sites is 1. The smallest absolute Gasteiger partial charge is 0.263 e. The number of amides is 1. The number of nitrogens with zero attached hydrogens (tertiary/aromatic N) is 4. The van der Waals surface area contributed by atoms with Crippen LogP contribution in [0, 0.1) is 0 Å². The fourth-order valence-electron chi connectivity index (χ4n) is 4.35. The Hall–Kier alpha value is -3.13. The molecule has 4 aromatic rings. The highest BCUT2D eigenvalue weighted by Gasteiger charge is 2.22. The molecular formula is C24H28N6OS. The number of carbonyl (C=O) groups excluding carboxylic acids is 1. The number of benzene rings is 1. The molecule has 4 heterocycles. The van der Waals surface area contributed by atoms with Crippen LogP contribution >= 0.6 is 11.3 Å². The van der Waals surface area contributed by atoms with Gasteiger partial charge in [-0.2, -0.15) is 0 Å². The molecule has 1 aromatic carbocycles. The largest absolute Gasteiger partial charge is 0.361 e. The van der Waals surface area contributed by atoms with Gasteiger partial charge in [0.2, 0.25) is 0 Å². The number of aromatic nitrogens is 4. The van der Waals surface area contributed by atoms with Gasteiger partial charge in [-0.25, -0.2) is 9.97 Å². The van der Waals surface area contributed by atoms with E-state index >= 15 is 0 Å². The molecule has 1 amide bonds. The number of unbranched alkanes of at least 4 members (excludes halogenated alkanes) is 1. The van der Waals surface area contributed by atoms with Gasteiger partial charge in [-0.1, -0.05) is 49.3 Å². The van der Waals surface area contributed by atoms with E-state index in [0.29, 0.717) is 4.88 Å². The Kier molecular flexibility index (Phi) is 5.94. The van der Waals surface area contributed by atoms with E-state index in [1.165, 1.54) is 22.3 Å². The average Bonchev–Trinajstić information content (AvgIpc) is 3.56. The molecule has 32 heavy (non-hydrogen) atoms. The number of imidazole rings is 1. The van der Waals surface area contributed by atoms with Crippen molar-refractivity contribution in [1.82, 2.24) is 24.8 Å². The number of nitrogens with one attached hydrogen (secondary N) is 2. The van der Waals surface area contributed by atoms with Crippen LogP contribution in [-0.4, -0.2) is 38.0 Å². The van der Waals surface area contributed by atoms with Crippen LogP contribution in [0.3, 0.4) is 0 Å². The molecule has 0 fully saturated rings. The molecule has 1 aliphatic rings. The molecule has 2 N–H and O–H groups in total. The summed E-state index contributed by atoms with van der Waals surface area (Å²) >= 11 is 1.46. The summed E-state index contributed by atoms with van der Waals surface area (Å²) < 4.78 is 2.17. The van der Waals surface area contributed by atoms with Crippen LogP contribution < -0.4 is 10.2 Å². The summed E-state index contributed by atoms with van der Waals surface area (Å²) in [5, 5.41) is 5.39. The number of H-pyrrole nitrogens is 1. The number of aromatic amines is 1. The SMILES string of the molecule is CCCCC(Cc1c[nH]c2ccccc12)NC(=O)c1cnc(N2CCn3ccnc3C2)s1. The molecule has 1 aliphatic heterocycles. The number of carbonyl (C=O) groups is 1. The van der Waals surface area contributed by atoms with Crippen LogP contribution in [0.15, 0.2) is 49.1 Å². The number of hydrogen-bond acceptors (Lipinski definition) is 5. The minimum absolute atomic E-state index is 0.0341. The third kappa shape index (κ3) is 4.27. The van der Waals surface area contributed by atoms with E-state index in [1.54, 1.807) is 6.20 Å². The second kappa shape index (κ2) is 9.16. The summed E-state index contributed by atoms with van der Waals surface area (Å²) in [5.74, 6) is 1.00. The fraction of sp³-hybridized carbons (Fsp3) is 0.375. The van der Waals surface area contributed by atoms with Crippen molar-refractivity contribution >= 4 is 33.3 Å². The molecule has 0 saturated heterocycles. The van der Waals surface area contributed by atoms with Crippen molar-refractivity contribution in [2.75, 3.05) is 11.4 Å². The van der Waals surface area contributed by atoms with Gasteiger partial charge in [-0.3, -0.25) is 4.79 Å². The summed E-state index contributed by atoms with van der Waals surface area (Å²) in [6.07, 6.45) is 11.6. The van der Waals surface area contributed by atoms with Crippen molar-refractivity contribution in [1.29, 1.82) is 0 Å². The first-order chi connectivity index (χ1) is 15.7. The Labute approximate surface area is 191 Å². The maximum atomic E-state index is 13.1. The Balaban J connectivity index is 1.27. The van der Waals surface area contributed by atoms with Crippen molar-refractivity contribution < 1.29 is 4.79 Å². The quantitative estimate of drug-likeness (QED) is 0.419. The molecule has 0 aliphatic carbocycles. The number of hydrogen-bond donors (Lipinski definition) is 2. The number of thiazole rings is 1. The second-order valence-corrected chi connectivity index (χ2v) is 9.35. The van der Waals surface area contributed by atoms with E-state index in [1.807, 2.05) is 18.5 Å². The Morgan fingerprint density at radius 2 is 2.19 bits per heavy atom. The third-order valence-corrected chi connectivity index (χ3v) is 7.17. The van der Waals surface area contributed by atoms with Crippen LogP contribution in [0.4, 0.5) is 5.13 Å². The topological polar surface area (TPSA) is 78.8 Å². The van der Waals surface area contributed by atoms with Gasteiger partial charge >= 0.3 is 0 Å². The van der Waals surface area contributed by atoms with E-state index in [2.05, 4.69) is 61.1 Å². The third-order valence-electron chi connectivity index (χ3n) is 6.12. The van der Waals surface area contributed by atoms with Gasteiger partial charge < -0.3 is 19.8 Å². The standard InChI is InChI=1S/C24H28N6OS/c1-2-3-6-18(13-17-14-26-20-8-5-4-7-19(17)20)28-23(31)21-15-27-24(32-21)30-12-11-29-10-9-25-22(29)16-30/h4-5,7-10,14-15,18,26H,2-3,6,11-13,16H2,1H3,(H,28,31). The predicted octanol–water partition coefficient (Wildman–Crippen LogP) is 4.37. The number of anilines is 1.